The lowest BCUT2D eigenvalue weighted by molar-refractivity contribution is -0.136. The molecule has 4 amide bonds. The van der Waals surface area contributed by atoms with Gasteiger partial charge in [0.1, 0.15) is 6.04 Å². The number of imide groups is 2. The summed E-state index contributed by atoms with van der Waals surface area (Å²) in [6.07, 6.45) is 8.54. The summed E-state index contributed by atoms with van der Waals surface area (Å²) in [4.78, 5) is 53.3. The number of nitrogens with zero attached hydrogens (tertiary/aromatic N) is 2. The highest BCUT2D eigenvalue weighted by molar-refractivity contribution is 6.23. The van der Waals surface area contributed by atoms with E-state index in [-0.39, 0.29) is 18.7 Å². The summed E-state index contributed by atoms with van der Waals surface area (Å²) in [5.41, 5.74) is 1.67. The second-order valence-corrected chi connectivity index (χ2v) is 9.39. The van der Waals surface area contributed by atoms with Crippen molar-refractivity contribution in [2.45, 2.75) is 75.9 Å². The molecule has 2 N–H and O–H groups in total. The largest absolute Gasteiger partial charge is 0.369 e. The van der Waals surface area contributed by atoms with Gasteiger partial charge in [0.2, 0.25) is 11.8 Å². The summed E-state index contributed by atoms with van der Waals surface area (Å²) >= 11 is 0. The van der Waals surface area contributed by atoms with Gasteiger partial charge in [-0.2, -0.15) is 0 Å². The molecule has 0 radical (unpaired) electrons. The Labute approximate surface area is 187 Å². The van der Waals surface area contributed by atoms with Crippen molar-refractivity contribution in [2.24, 2.45) is 0 Å². The van der Waals surface area contributed by atoms with E-state index in [4.69, 9.17) is 0 Å². The molecule has 0 saturated carbocycles. The Hall–Kier alpha value is -2.74. The molecule has 2 unspecified atom stereocenters. The summed E-state index contributed by atoms with van der Waals surface area (Å²) in [6, 6.07) is 5.60. The molecule has 0 aliphatic carbocycles. The average Bonchev–Trinajstić information content (AvgIpc) is 3.40. The van der Waals surface area contributed by atoms with Crippen LogP contribution in [0.15, 0.2) is 18.2 Å². The molecule has 32 heavy (non-hydrogen) atoms. The number of amides is 4. The second-order valence-electron chi connectivity index (χ2n) is 9.39. The quantitative estimate of drug-likeness (QED) is 0.682. The Morgan fingerprint density at radius 1 is 0.906 bits per heavy atom. The van der Waals surface area contributed by atoms with Gasteiger partial charge in [-0.25, -0.2) is 0 Å². The van der Waals surface area contributed by atoms with Crippen LogP contribution in [0.4, 0.5) is 5.69 Å². The van der Waals surface area contributed by atoms with E-state index >= 15 is 0 Å². The monoisotopic (exact) mass is 438 g/mol. The molecule has 3 atom stereocenters. The van der Waals surface area contributed by atoms with Crippen molar-refractivity contribution >= 4 is 29.3 Å². The van der Waals surface area contributed by atoms with Gasteiger partial charge in [0, 0.05) is 30.7 Å². The third-order valence-corrected chi connectivity index (χ3v) is 7.39. The van der Waals surface area contributed by atoms with Crippen LogP contribution in [0, 0.1) is 0 Å². The molecule has 8 nitrogen and oxygen atoms in total. The number of rotatable bonds is 5. The first kappa shape index (κ1) is 21.1. The van der Waals surface area contributed by atoms with Gasteiger partial charge in [0.05, 0.1) is 11.1 Å². The molecule has 3 fully saturated rings. The maximum Gasteiger partial charge on any atom is 0.262 e. The molecule has 5 rings (SSSR count). The van der Waals surface area contributed by atoms with Crippen molar-refractivity contribution in [1.82, 2.24) is 15.5 Å². The molecule has 4 aliphatic rings. The average molecular weight is 439 g/mol. The van der Waals surface area contributed by atoms with Crippen LogP contribution < -0.4 is 15.5 Å². The van der Waals surface area contributed by atoms with E-state index in [0.29, 0.717) is 23.2 Å². The van der Waals surface area contributed by atoms with Gasteiger partial charge in [-0.3, -0.25) is 29.4 Å². The molecular weight excluding hydrogens is 408 g/mol. The highest BCUT2D eigenvalue weighted by atomic mass is 16.2. The molecule has 1 aromatic carbocycles. The first-order valence-electron chi connectivity index (χ1n) is 11.9. The van der Waals surface area contributed by atoms with Gasteiger partial charge in [-0.05, 0) is 76.1 Å². The van der Waals surface area contributed by atoms with Gasteiger partial charge in [-0.1, -0.05) is 0 Å². The molecule has 3 saturated heterocycles. The van der Waals surface area contributed by atoms with Gasteiger partial charge < -0.3 is 10.2 Å². The van der Waals surface area contributed by atoms with Crippen molar-refractivity contribution < 1.29 is 19.2 Å². The first-order chi connectivity index (χ1) is 15.5. The molecule has 170 valence electrons. The highest BCUT2D eigenvalue weighted by Gasteiger charge is 2.44. The van der Waals surface area contributed by atoms with Crippen LogP contribution in [-0.4, -0.2) is 59.7 Å². The van der Waals surface area contributed by atoms with E-state index in [1.54, 1.807) is 6.07 Å². The zero-order valence-electron chi connectivity index (χ0n) is 18.3. The van der Waals surface area contributed by atoms with Crippen LogP contribution in [0.3, 0.4) is 0 Å². The Morgan fingerprint density at radius 2 is 1.75 bits per heavy atom. The van der Waals surface area contributed by atoms with Gasteiger partial charge in [0.15, 0.2) is 0 Å². The molecule has 8 heteroatoms. The minimum absolute atomic E-state index is 0.125. The van der Waals surface area contributed by atoms with Gasteiger partial charge in [0.25, 0.3) is 11.8 Å². The van der Waals surface area contributed by atoms with E-state index < -0.39 is 23.8 Å². The fourth-order valence-corrected chi connectivity index (χ4v) is 5.67. The van der Waals surface area contributed by atoms with Crippen molar-refractivity contribution in [3.63, 3.8) is 0 Å². The normalized spacial score (nSPS) is 28.3. The Morgan fingerprint density at radius 3 is 2.53 bits per heavy atom. The molecule has 4 heterocycles. The van der Waals surface area contributed by atoms with Crippen LogP contribution >= 0.6 is 0 Å². The van der Waals surface area contributed by atoms with Crippen molar-refractivity contribution in [3.8, 4) is 0 Å². The number of nitrogens with one attached hydrogen (secondary N) is 2. The Kier molecular flexibility index (Phi) is 5.71. The molecule has 0 spiro atoms. The topological polar surface area (TPSA) is 98.8 Å². The third kappa shape index (κ3) is 3.81. The lowest BCUT2D eigenvalue weighted by Gasteiger charge is -2.38. The fourth-order valence-electron chi connectivity index (χ4n) is 5.67. The van der Waals surface area contributed by atoms with E-state index in [0.717, 1.165) is 49.4 Å². The van der Waals surface area contributed by atoms with Crippen LogP contribution in [0.25, 0.3) is 0 Å². The lowest BCUT2D eigenvalue weighted by atomic mass is 9.94. The molecular formula is C24H30N4O4. The molecule has 1 aromatic rings. The standard InChI is InChI=1S/C24H30N4O4/c29-21-11-10-20(22(30)26-21)28-23(31)18-9-8-17(14-19(18)24(28)32)27-13-2-1-5-16(27)7-6-15-4-3-12-25-15/h8-9,14-16,20,25H,1-7,10-13H2,(H,26,29,30)/t15-,16?,20?/m1/s1. The van der Waals surface area contributed by atoms with E-state index in [9.17, 15) is 19.2 Å². The molecule has 0 bridgehead atoms. The van der Waals surface area contributed by atoms with Gasteiger partial charge in [-0.15, -0.1) is 0 Å². The minimum Gasteiger partial charge on any atom is -0.369 e. The maximum atomic E-state index is 13.2. The Balaban J connectivity index is 1.35. The van der Waals surface area contributed by atoms with Crippen molar-refractivity contribution in [1.29, 1.82) is 0 Å². The first-order valence-corrected chi connectivity index (χ1v) is 11.9. The summed E-state index contributed by atoms with van der Waals surface area (Å²) in [5.74, 6) is -1.83. The van der Waals surface area contributed by atoms with E-state index in [2.05, 4.69) is 15.5 Å². The van der Waals surface area contributed by atoms with Crippen LogP contribution in [0.2, 0.25) is 0 Å². The van der Waals surface area contributed by atoms with Crippen LogP contribution in [0.5, 0.6) is 0 Å². The van der Waals surface area contributed by atoms with Crippen LogP contribution in [0.1, 0.15) is 78.5 Å². The predicted octanol–water partition coefficient (Wildman–Crippen LogP) is 1.98. The number of carbonyl (C=O) groups excluding carboxylic acids is 4. The smallest absolute Gasteiger partial charge is 0.262 e. The number of benzene rings is 1. The van der Waals surface area contributed by atoms with E-state index in [1.165, 1.54) is 19.3 Å². The van der Waals surface area contributed by atoms with Gasteiger partial charge >= 0.3 is 0 Å². The van der Waals surface area contributed by atoms with Crippen LogP contribution in [-0.2, 0) is 9.59 Å². The molecule has 4 aliphatic heterocycles. The number of hydrogen-bond acceptors (Lipinski definition) is 6. The van der Waals surface area contributed by atoms with E-state index in [1.807, 2.05) is 12.1 Å². The van der Waals surface area contributed by atoms with Crippen molar-refractivity contribution in [2.75, 3.05) is 18.0 Å². The summed E-state index contributed by atoms with van der Waals surface area (Å²) in [5, 5.41) is 5.82. The minimum atomic E-state index is -0.926. The number of carbonyl (C=O) groups is 4. The summed E-state index contributed by atoms with van der Waals surface area (Å²) < 4.78 is 0. The number of fused-ring (bicyclic) bond motifs is 1. The Bertz CT molecular complexity index is 955. The lowest BCUT2D eigenvalue weighted by Crippen LogP contribution is -2.54. The number of piperidine rings is 2. The fraction of sp³-hybridized carbons (Fsp3) is 0.583. The summed E-state index contributed by atoms with van der Waals surface area (Å²) in [6.45, 7) is 2.06. The zero-order valence-corrected chi connectivity index (χ0v) is 18.3. The highest BCUT2D eigenvalue weighted by Crippen LogP contribution is 2.34. The summed E-state index contributed by atoms with van der Waals surface area (Å²) in [7, 11) is 0. The second kappa shape index (κ2) is 8.65. The number of anilines is 1. The maximum absolute atomic E-state index is 13.2. The SMILES string of the molecule is O=C1CCC(N2C(=O)c3ccc(N4CCCCC4CC[C@H]4CCCN4)cc3C2=O)C(=O)N1. The molecule has 0 aromatic heterocycles. The number of hydrogen-bond donors (Lipinski definition) is 2. The van der Waals surface area contributed by atoms with Crippen molar-refractivity contribution in [3.05, 3.63) is 29.3 Å². The predicted molar refractivity (Wildman–Crippen MR) is 118 cm³/mol. The zero-order chi connectivity index (χ0) is 22.2. The third-order valence-electron chi connectivity index (χ3n) is 7.39.